The fraction of sp³-hybridized carbons (Fsp3) is 0.524. The van der Waals surface area contributed by atoms with Gasteiger partial charge in [0.25, 0.3) is 0 Å². The van der Waals surface area contributed by atoms with Gasteiger partial charge in [-0.1, -0.05) is 35.9 Å². The van der Waals surface area contributed by atoms with Gasteiger partial charge in [0, 0.05) is 18.7 Å². The SMILES string of the molecule is CCOC(=O)/C=C1/CCN(C(=O)OC(C)(C)C)C(Cc2ccccc2)C1. The van der Waals surface area contributed by atoms with Crippen molar-refractivity contribution < 1.29 is 19.1 Å². The molecular weight excluding hydrogens is 330 g/mol. The van der Waals surface area contributed by atoms with Crippen LogP contribution in [0.5, 0.6) is 0 Å². The first kappa shape index (κ1) is 20.0. The van der Waals surface area contributed by atoms with Crippen molar-refractivity contribution in [2.75, 3.05) is 13.2 Å². The summed E-state index contributed by atoms with van der Waals surface area (Å²) < 4.78 is 10.6. The fourth-order valence-electron chi connectivity index (χ4n) is 3.07. The largest absolute Gasteiger partial charge is 0.463 e. The molecule has 2 rings (SSSR count). The molecule has 0 bridgehead atoms. The minimum atomic E-state index is -0.532. The lowest BCUT2D eigenvalue weighted by Gasteiger charge is -2.38. The summed E-state index contributed by atoms with van der Waals surface area (Å²) in [6.45, 7) is 8.30. The van der Waals surface area contributed by atoms with Crippen molar-refractivity contribution in [3.63, 3.8) is 0 Å². The highest BCUT2D eigenvalue weighted by Crippen LogP contribution is 2.27. The fourth-order valence-corrected chi connectivity index (χ4v) is 3.07. The van der Waals surface area contributed by atoms with Crippen LogP contribution in [0.3, 0.4) is 0 Å². The quantitative estimate of drug-likeness (QED) is 0.599. The minimum Gasteiger partial charge on any atom is -0.463 e. The zero-order valence-corrected chi connectivity index (χ0v) is 16.2. The van der Waals surface area contributed by atoms with Gasteiger partial charge in [-0.2, -0.15) is 0 Å². The van der Waals surface area contributed by atoms with E-state index in [1.54, 1.807) is 17.9 Å². The van der Waals surface area contributed by atoms with E-state index in [4.69, 9.17) is 9.47 Å². The topological polar surface area (TPSA) is 55.8 Å². The van der Waals surface area contributed by atoms with E-state index in [9.17, 15) is 9.59 Å². The Kier molecular flexibility index (Phi) is 6.83. The number of carbonyl (C=O) groups excluding carboxylic acids is 2. The first-order chi connectivity index (χ1) is 12.3. The van der Waals surface area contributed by atoms with E-state index in [1.165, 1.54) is 0 Å². The molecule has 1 fully saturated rings. The summed E-state index contributed by atoms with van der Waals surface area (Å²) in [4.78, 5) is 26.2. The molecule has 1 aromatic rings. The van der Waals surface area contributed by atoms with Crippen LogP contribution in [-0.4, -0.2) is 41.8 Å². The maximum Gasteiger partial charge on any atom is 0.410 e. The average molecular weight is 359 g/mol. The standard InChI is InChI=1S/C21H29NO4/c1-5-25-19(23)15-17-11-12-22(20(24)26-21(2,3)4)18(14-17)13-16-9-7-6-8-10-16/h6-10,15,18H,5,11-14H2,1-4H3/b17-15-. The van der Waals surface area contributed by atoms with Gasteiger partial charge in [0.1, 0.15) is 5.60 Å². The molecule has 5 nitrogen and oxygen atoms in total. The molecule has 0 radical (unpaired) electrons. The third kappa shape index (κ3) is 6.21. The Hall–Kier alpha value is -2.30. The number of piperidine rings is 1. The summed E-state index contributed by atoms with van der Waals surface area (Å²) in [5, 5.41) is 0. The Morgan fingerprint density at radius 3 is 2.54 bits per heavy atom. The van der Waals surface area contributed by atoms with Crippen molar-refractivity contribution in [2.45, 2.75) is 58.6 Å². The third-order valence-electron chi connectivity index (χ3n) is 4.16. The van der Waals surface area contributed by atoms with Gasteiger partial charge in [0.15, 0.2) is 0 Å². The van der Waals surface area contributed by atoms with Crippen LogP contribution in [0.25, 0.3) is 0 Å². The van der Waals surface area contributed by atoms with Crippen LogP contribution >= 0.6 is 0 Å². The molecule has 1 aliphatic rings. The predicted molar refractivity (Wildman–Crippen MR) is 101 cm³/mol. The van der Waals surface area contributed by atoms with Gasteiger partial charge in [-0.3, -0.25) is 0 Å². The molecule has 142 valence electrons. The number of rotatable bonds is 4. The molecule has 1 saturated heterocycles. The summed E-state index contributed by atoms with van der Waals surface area (Å²) in [6, 6.07) is 10.0. The lowest BCUT2D eigenvalue weighted by atomic mass is 9.92. The Bertz CT molecular complexity index is 646. The summed E-state index contributed by atoms with van der Waals surface area (Å²) in [5.74, 6) is -0.313. The minimum absolute atomic E-state index is 0.0401. The van der Waals surface area contributed by atoms with E-state index in [0.717, 1.165) is 17.6 Å². The first-order valence-corrected chi connectivity index (χ1v) is 9.18. The van der Waals surface area contributed by atoms with Crippen molar-refractivity contribution in [3.8, 4) is 0 Å². The molecule has 5 heteroatoms. The molecule has 1 unspecified atom stereocenters. The molecule has 1 aliphatic heterocycles. The molecule has 1 heterocycles. The summed E-state index contributed by atoms with van der Waals surface area (Å²) in [5.41, 5.74) is 1.64. The number of ether oxygens (including phenoxy) is 2. The first-order valence-electron chi connectivity index (χ1n) is 9.18. The molecule has 0 N–H and O–H groups in total. The van der Waals surface area contributed by atoms with Crippen LogP contribution < -0.4 is 0 Å². The molecular formula is C21H29NO4. The van der Waals surface area contributed by atoms with Crippen molar-refractivity contribution in [1.82, 2.24) is 4.90 Å². The molecule has 0 saturated carbocycles. The van der Waals surface area contributed by atoms with Crippen molar-refractivity contribution >= 4 is 12.1 Å². The highest BCUT2D eigenvalue weighted by molar-refractivity contribution is 5.83. The smallest absolute Gasteiger partial charge is 0.410 e. The van der Waals surface area contributed by atoms with E-state index in [2.05, 4.69) is 12.1 Å². The second kappa shape index (κ2) is 8.88. The number of carbonyl (C=O) groups is 2. The van der Waals surface area contributed by atoms with E-state index >= 15 is 0 Å². The van der Waals surface area contributed by atoms with Crippen LogP contribution in [0.2, 0.25) is 0 Å². The normalized spacial score (nSPS) is 19.3. The van der Waals surface area contributed by atoms with E-state index in [1.807, 2.05) is 39.0 Å². The van der Waals surface area contributed by atoms with Crippen molar-refractivity contribution in [1.29, 1.82) is 0 Å². The zero-order valence-electron chi connectivity index (χ0n) is 16.2. The van der Waals surface area contributed by atoms with Crippen molar-refractivity contribution in [2.24, 2.45) is 0 Å². The number of nitrogens with zero attached hydrogens (tertiary/aromatic N) is 1. The number of esters is 1. The van der Waals surface area contributed by atoms with Gasteiger partial charge >= 0.3 is 12.1 Å². The van der Waals surface area contributed by atoms with E-state index < -0.39 is 5.60 Å². The van der Waals surface area contributed by atoms with Gasteiger partial charge in [-0.05, 0) is 52.5 Å². The maximum absolute atomic E-state index is 12.6. The number of benzene rings is 1. The van der Waals surface area contributed by atoms with Gasteiger partial charge in [-0.25, -0.2) is 9.59 Å². The maximum atomic E-state index is 12.6. The third-order valence-corrected chi connectivity index (χ3v) is 4.16. The number of amides is 1. The van der Waals surface area contributed by atoms with Crippen LogP contribution in [0.4, 0.5) is 4.79 Å². The highest BCUT2D eigenvalue weighted by atomic mass is 16.6. The molecule has 0 aromatic heterocycles. The predicted octanol–water partition coefficient (Wildman–Crippen LogP) is 4.12. The molecule has 26 heavy (non-hydrogen) atoms. The highest BCUT2D eigenvalue weighted by Gasteiger charge is 2.32. The van der Waals surface area contributed by atoms with Gasteiger partial charge in [-0.15, -0.1) is 0 Å². The van der Waals surface area contributed by atoms with Crippen molar-refractivity contribution in [3.05, 3.63) is 47.5 Å². The summed E-state index contributed by atoms with van der Waals surface area (Å²) in [6.07, 6.45) is 3.30. The number of hydrogen-bond acceptors (Lipinski definition) is 4. The van der Waals surface area contributed by atoms with Gasteiger partial charge in [0.2, 0.25) is 0 Å². The van der Waals surface area contributed by atoms with E-state index in [-0.39, 0.29) is 18.1 Å². The number of likely N-dealkylation sites (tertiary alicyclic amines) is 1. The van der Waals surface area contributed by atoms with E-state index in [0.29, 0.717) is 26.0 Å². The summed E-state index contributed by atoms with van der Waals surface area (Å²) in [7, 11) is 0. The van der Waals surface area contributed by atoms with Gasteiger partial charge < -0.3 is 14.4 Å². The van der Waals surface area contributed by atoms with Crippen LogP contribution in [0, 0.1) is 0 Å². The van der Waals surface area contributed by atoms with Crippen LogP contribution in [0.15, 0.2) is 42.0 Å². The molecule has 0 spiro atoms. The molecule has 1 atom stereocenters. The van der Waals surface area contributed by atoms with Crippen LogP contribution in [0.1, 0.15) is 46.1 Å². The lowest BCUT2D eigenvalue weighted by molar-refractivity contribution is -0.137. The van der Waals surface area contributed by atoms with Gasteiger partial charge in [0.05, 0.1) is 6.61 Å². The average Bonchev–Trinajstić information content (AvgIpc) is 2.54. The Balaban J connectivity index is 2.16. The molecule has 0 aliphatic carbocycles. The Morgan fingerprint density at radius 1 is 1.23 bits per heavy atom. The Morgan fingerprint density at radius 2 is 1.92 bits per heavy atom. The summed E-state index contributed by atoms with van der Waals surface area (Å²) >= 11 is 0. The monoisotopic (exact) mass is 359 g/mol. The zero-order chi connectivity index (χ0) is 19.2. The lowest BCUT2D eigenvalue weighted by Crippen LogP contribution is -2.47. The molecule has 1 amide bonds. The Labute approximate surface area is 156 Å². The second-order valence-corrected chi connectivity index (χ2v) is 7.53. The van der Waals surface area contributed by atoms with Crippen LogP contribution in [-0.2, 0) is 20.7 Å². The molecule has 1 aromatic carbocycles. The number of hydrogen-bond donors (Lipinski definition) is 0. The second-order valence-electron chi connectivity index (χ2n) is 7.53.